The van der Waals surface area contributed by atoms with Gasteiger partial charge in [0.25, 0.3) is 0 Å². The normalized spacial score (nSPS) is 9.65. The quantitative estimate of drug-likeness (QED) is 0.414. The van der Waals surface area contributed by atoms with Crippen LogP contribution in [0.4, 0.5) is 0 Å². The Bertz CT molecular complexity index is 462. The average molecular weight is 286 g/mol. The summed E-state index contributed by atoms with van der Waals surface area (Å²) in [6.45, 7) is -0.926. The molecule has 9 heteroatoms. The summed E-state index contributed by atoms with van der Waals surface area (Å²) in [5.74, 6) is 2.26. The minimum Gasteiger partial charge on any atom is -0.507 e. The fraction of sp³-hybridized carbons (Fsp3) is 0.182. The number of nitrogens with two attached hydrogens (primary N) is 1. The van der Waals surface area contributed by atoms with Gasteiger partial charge in [0.05, 0.1) is 6.21 Å². The van der Waals surface area contributed by atoms with Crippen LogP contribution in [0.5, 0.6) is 5.75 Å². The lowest BCUT2D eigenvalue weighted by Gasteiger charge is -1.96. The highest BCUT2D eigenvalue weighted by Gasteiger charge is 1.96. The van der Waals surface area contributed by atoms with Gasteiger partial charge in [-0.15, -0.1) is 0 Å². The zero-order chi connectivity index (χ0) is 15.4. The summed E-state index contributed by atoms with van der Waals surface area (Å²) in [4.78, 5) is 27.5. The van der Waals surface area contributed by atoms with Gasteiger partial charge in [-0.3, -0.25) is 4.84 Å². The summed E-state index contributed by atoms with van der Waals surface area (Å²) in [6.07, 6.45) is 1.25. The molecule has 0 aliphatic heterocycles. The van der Waals surface area contributed by atoms with Crippen LogP contribution in [0.25, 0.3) is 0 Å². The van der Waals surface area contributed by atoms with Gasteiger partial charge in [-0.25, -0.2) is 15.5 Å². The van der Waals surface area contributed by atoms with Crippen LogP contribution in [0.2, 0.25) is 0 Å². The highest BCUT2D eigenvalue weighted by atomic mass is 16.6. The highest BCUT2D eigenvalue weighted by Crippen LogP contribution is 2.12. The van der Waals surface area contributed by atoms with Gasteiger partial charge in [0.15, 0.2) is 6.61 Å². The van der Waals surface area contributed by atoms with Gasteiger partial charge >= 0.3 is 11.9 Å². The van der Waals surface area contributed by atoms with Crippen molar-refractivity contribution in [3.05, 3.63) is 29.8 Å². The van der Waals surface area contributed by atoms with Crippen LogP contribution in [-0.4, -0.2) is 46.7 Å². The van der Waals surface area contributed by atoms with Crippen molar-refractivity contribution in [2.45, 2.75) is 0 Å². The largest absolute Gasteiger partial charge is 0.507 e. The Morgan fingerprint density at radius 1 is 1.20 bits per heavy atom. The van der Waals surface area contributed by atoms with Crippen molar-refractivity contribution in [2.24, 2.45) is 11.1 Å². The van der Waals surface area contributed by atoms with Crippen LogP contribution in [0, 0.1) is 0 Å². The smallest absolute Gasteiger partial charge is 0.344 e. The number of phenolic OH excluding ortho intramolecular Hbond substituents is 1. The number of aromatic hydroxyl groups is 1. The van der Waals surface area contributed by atoms with Crippen molar-refractivity contribution in [1.29, 1.82) is 0 Å². The third kappa shape index (κ3) is 9.39. The maximum absolute atomic E-state index is 10.0. The van der Waals surface area contributed by atoms with E-state index in [0.717, 1.165) is 0 Å². The van der Waals surface area contributed by atoms with Crippen molar-refractivity contribution >= 4 is 18.2 Å². The summed E-state index contributed by atoms with van der Waals surface area (Å²) < 4.78 is 0. The van der Waals surface area contributed by atoms with E-state index in [4.69, 9.17) is 10.2 Å². The molecule has 0 saturated heterocycles. The number of oxime groups is 1. The first-order chi connectivity index (χ1) is 9.47. The fourth-order valence-electron chi connectivity index (χ4n) is 0.855. The van der Waals surface area contributed by atoms with E-state index in [9.17, 15) is 14.7 Å². The van der Waals surface area contributed by atoms with Gasteiger partial charge in [-0.1, -0.05) is 17.3 Å². The van der Waals surface area contributed by atoms with Gasteiger partial charge in [0.2, 0.25) is 6.61 Å². The first-order valence-electron chi connectivity index (χ1n) is 5.16. The zero-order valence-electron chi connectivity index (χ0n) is 10.3. The molecule has 1 aromatic carbocycles. The Hall–Kier alpha value is -2.65. The Kier molecular flexibility index (Phi) is 8.93. The number of aliphatic carboxylic acids is 2. The molecule has 1 aromatic rings. The zero-order valence-corrected chi connectivity index (χ0v) is 10.3. The molecule has 0 atom stereocenters. The minimum absolute atomic E-state index is 0.0650. The summed E-state index contributed by atoms with van der Waals surface area (Å²) in [5, 5.41) is 28.6. The van der Waals surface area contributed by atoms with Crippen LogP contribution in [0.15, 0.2) is 29.4 Å². The number of carbonyl (C=O) groups is 2. The first kappa shape index (κ1) is 17.4. The average Bonchev–Trinajstić information content (AvgIpc) is 2.37. The minimum atomic E-state index is -1.10. The molecule has 9 nitrogen and oxygen atoms in total. The fourth-order valence-corrected chi connectivity index (χ4v) is 0.855. The molecule has 0 radical (unpaired) electrons. The summed E-state index contributed by atoms with van der Waals surface area (Å²) in [7, 11) is 0. The number of nitrogens with zero attached hydrogens (tertiary/aromatic N) is 1. The number of phenols is 1. The standard InChI is InChI=1S/C9H9NO4.C2H5NO3/c11-8-4-2-1-3-7(8)5-10-14-6-9(12)13;3-6-1-2(4)5/h1-5,11H,6H2,(H,12,13);1,3H2,(H,4,5)/b10-5+;. The summed E-state index contributed by atoms with van der Waals surface area (Å²) >= 11 is 0. The SMILES string of the molecule is NOCC(=O)O.O=C(O)CO/N=C/c1ccccc1O. The monoisotopic (exact) mass is 286 g/mol. The lowest BCUT2D eigenvalue weighted by atomic mass is 10.2. The number of carboxylic acid groups (broad SMARTS) is 2. The van der Waals surface area contributed by atoms with E-state index < -0.39 is 25.2 Å². The Labute approximate surface area is 113 Å². The maximum atomic E-state index is 10.0. The summed E-state index contributed by atoms with van der Waals surface area (Å²) in [5.41, 5.74) is 0.470. The number of rotatable bonds is 6. The molecule has 0 spiro atoms. The Balaban J connectivity index is 0.000000511. The highest BCUT2D eigenvalue weighted by molar-refractivity contribution is 5.82. The molecule has 0 heterocycles. The van der Waals surface area contributed by atoms with E-state index in [1.165, 1.54) is 12.3 Å². The lowest BCUT2D eigenvalue weighted by molar-refractivity contribution is -0.143. The number of benzene rings is 1. The second-order valence-corrected chi connectivity index (χ2v) is 3.17. The number of para-hydroxylation sites is 1. The molecule has 0 bridgehead atoms. The second kappa shape index (κ2) is 10.3. The van der Waals surface area contributed by atoms with Gasteiger partial charge < -0.3 is 20.2 Å². The van der Waals surface area contributed by atoms with E-state index in [1.807, 2.05) is 0 Å². The Morgan fingerprint density at radius 3 is 2.25 bits per heavy atom. The van der Waals surface area contributed by atoms with Crippen LogP contribution in [-0.2, 0) is 19.3 Å². The van der Waals surface area contributed by atoms with Crippen molar-refractivity contribution in [3.63, 3.8) is 0 Å². The predicted molar refractivity (Wildman–Crippen MR) is 67.1 cm³/mol. The lowest BCUT2D eigenvalue weighted by Crippen LogP contribution is -2.10. The van der Waals surface area contributed by atoms with E-state index in [2.05, 4.69) is 20.7 Å². The first-order valence-corrected chi connectivity index (χ1v) is 5.16. The van der Waals surface area contributed by atoms with Crippen molar-refractivity contribution in [1.82, 2.24) is 0 Å². The molecular formula is C11H14N2O7. The van der Waals surface area contributed by atoms with Crippen molar-refractivity contribution < 1.29 is 34.6 Å². The molecule has 0 aliphatic rings. The van der Waals surface area contributed by atoms with Crippen LogP contribution in [0.3, 0.4) is 0 Å². The molecule has 110 valence electrons. The second-order valence-electron chi connectivity index (χ2n) is 3.17. The predicted octanol–water partition coefficient (Wildman–Crippen LogP) is -0.211. The van der Waals surface area contributed by atoms with E-state index in [0.29, 0.717) is 5.56 Å². The van der Waals surface area contributed by atoms with E-state index >= 15 is 0 Å². The number of carboxylic acids is 2. The molecule has 0 unspecified atom stereocenters. The molecule has 0 aromatic heterocycles. The third-order valence-corrected chi connectivity index (χ3v) is 1.60. The van der Waals surface area contributed by atoms with E-state index in [1.54, 1.807) is 18.2 Å². The van der Waals surface area contributed by atoms with Crippen molar-refractivity contribution in [2.75, 3.05) is 13.2 Å². The molecule has 20 heavy (non-hydrogen) atoms. The topological polar surface area (TPSA) is 152 Å². The summed E-state index contributed by atoms with van der Waals surface area (Å²) in [6, 6.07) is 6.52. The van der Waals surface area contributed by atoms with Crippen LogP contribution < -0.4 is 5.90 Å². The van der Waals surface area contributed by atoms with Gasteiger partial charge in [-0.2, -0.15) is 0 Å². The number of hydrogen-bond acceptors (Lipinski definition) is 7. The third-order valence-electron chi connectivity index (χ3n) is 1.60. The maximum Gasteiger partial charge on any atom is 0.344 e. The molecule has 0 aliphatic carbocycles. The number of hydrogen-bond donors (Lipinski definition) is 4. The van der Waals surface area contributed by atoms with Gasteiger partial charge in [0, 0.05) is 5.56 Å². The molecule has 0 fully saturated rings. The molecular weight excluding hydrogens is 272 g/mol. The van der Waals surface area contributed by atoms with Crippen LogP contribution >= 0.6 is 0 Å². The Morgan fingerprint density at radius 2 is 1.80 bits per heavy atom. The molecule has 0 saturated carbocycles. The van der Waals surface area contributed by atoms with Gasteiger partial charge in [-0.05, 0) is 12.1 Å². The van der Waals surface area contributed by atoms with Crippen LogP contribution in [0.1, 0.15) is 5.56 Å². The van der Waals surface area contributed by atoms with Crippen molar-refractivity contribution in [3.8, 4) is 5.75 Å². The van der Waals surface area contributed by atoms with E-state index in [-0.39, 0.29) is 5.75 Å². The molecule has 5 N–H and O–H groups in total. The van der Waals surface area contributed by atoms with Gasteiger partial charge in [0.1, 0.15) is 5.75 Å². The molecule has 1 rings (SSSR count). The molecule has 0 amide bonds.